The van der Waals surface area contributed by atoms with Gasteiger partial charge in [-0.3, -0.25) is 14.7 Å². The molecule has 1 aromatic carbocycles. The van der Waals surface area contributed by atoms with Crippen molar-refractivity contribution in [1.82, 2.24) is 14.7 Å². The van der Waals surface area contributed by atoms with Crippen molar-refractivity contribution in [3.05, 3.63) is 28.8 Å². The van der Waals surface area contributed by atoms with Gasteiger partial charge >= 0.3 is 0 Å². The molecule has 6 atom stereocenters. The number of benzene rings is 1. The van der Waals surface area contributed by atoms with Gasteiger partial charge in [0.25, 0.3) is 0 Å². The monoisotopic (exact) mass is 607 g/mol. The van der Waals surface area contributed by atoms with Crippen LogP contribution < -0.4 is 0 Å². The first-order chi connectivity index (χ1) is 20.9. The van der Waals surface area contributed by atoms with Gasteiger partial charge in [0.05, 0.1) is 38.1 Å². The second-order valence-corrected chi connectivity index (χ2v) is 13.1. The molecule has 0 aliphatic carbocycles. The van der Waals surface area contributed by atoms with Gasteiger partial charge in [-0.1, -0.05) is 19.3 Å². The number of phenols is 1. The molecule has 0 spiro atoms. The van der Waals surface area contributed by atoms with Gasteiger partial charge < -0.3 is 35.7 Å². The second-order valence-electron chi connectivity index (χ2n) is 13.1. The predicted molar refractivity (Wildman–Crippen MR) is 166 cm³/mol. The molecule has 10 heteroatoms. The minimum Gasteiger partial charge on any atom is -0.507 e. The van der Waals surface area contributed by atoms with Crippen molar-refractivity contribution >= 4 is 0 Å². The van der Waals surface area contributed by atoms with Crippen LogP contribution in [0.25, 0.3) is 0 Å². The maximum atomic E-state index is 12.2. The van der Waals surface area contributed by atoms with Gasteiger partial charge in [0.1, 0.15) is 5.75 Å². The van der Waals surface area contributed by atoms with E-state index in [1.807, 2.05) is 12.1 Å². The number of phenolic OH excluding ortho intramolecular Hbond substituents is 1. The van der Waals surface area contributed by atoms with Crippen LogP contribution in [0.4, 0.5) is 0 Å². The third kappa shape index (κ3) is 9.34. The van der Waals surface area contributed by atoms with E-state index in [0.29, 0.717) is 17.5 Å². The van der Waals surface area contributed by atoms with Crippen LogP contribution >= 0.6 is 0 Å². The standard InChI is InChI=1S/C33H57N3O7/c37-21-25(40)18-30(34-10-4-1-5-11-34)24-16-28(31(19-26(41)22-38)35-12-6-2-7-13-35)33(43)29(17-24)32(20-27(42)23-39)36-14-8-3-9-15-36/h16-17,25-27,30-32,37-43H,1-15,18-23H2. The lowest BCUT2D eigenvalue weighted by atomic mass is 9.85. The Morgan fingerprint density at radius 2 is 0.791 bits per heavy atom. The molecule has 0 aromatic heterocycles. The number of piperidine rings is 3. The largest absolute Gasteiger partial charge is 0.507 e. The first-order valence-corrected chi connectivity index (χ1v) is 16.8. The Balaban J connectivity index is 1.88. The maximum absolute atomic E-state index is 12.2. The first-order valence-electron chi connectivity index (χ1n) is 16.8. The Bertz CT molecular complexity index is 895. The van der Waals surface area contributed by atoms with Crippen LogP contribution in [0.15, 0.2) is 12.1 Å². The quantitative estimate of drug-likeness (QED) is 0.158. The molecule has 0 amide bonds. The second kappa shape index (κ2) is 17.4. The van der Waals surface area contributed by atoms with E-state index < -0.39 is 18.3 Å². The predicted octanol–water partition coefficient (Wildman–Crippen LogP) is 2.20. The number of rotatable bonds is 15. The number of aliphatic hydroxyl groups is 6. The molecule has 0 bridgehead atoms. The van der Waals surface area contributed by atoms with E-state index in [1.165, 1.54) is 0 Å². The zero-order valence-corrected chi connectivity index (χ0v) is 25.9. The molecule has 7 N–H and O–H groups in total. The number of aromatic hydroxyl groups is 1. The van der Waals surface area contributed by atoms with Gasteiger partial charge in [0, 0.05) is 29.3 Å². The zero-order chi connectivity index (χ0) is 30.8. The average Bonchev–Trinajstić information content (AvgIpc) is 3.06. The first kappa shape index (κ1) is 34.5. The lowest BCUT2D eigenvalue weighted by Gasteiger charge is -2.40. The lowest BCUT2D eigenvalue weighted by molar-refractivity contribution is 0.0450. The summed E-state index contributed by atoms with van der Waals surface area (Å²) in [5.41, 5.74) is 2.34. The van der Waals surface area contributed by atoms with Crippen LogP contribution in [0.2, 0.25) is 0 Å². The molecule has 3 aliphatic heterocycles. The van der Waals surface area contributed by atoms with Crippen LogP contribution in [-0.2, 0) is 0 Å². The van der Waals surface area contributed by atoms with Crippen molar-refractivity contribution in [3.63, 3.8) is 0 Å². The highest BCUT2D eigenvalue weighted by Gasteiger charge is 2.35. The van der Waals surface area contributed by atoms with E-state index >= 15 is 0 Å². The number of hydrogen-bond acceptors (Lipinski definition) is 10. The summed E-state index contributed by atoms with van der Waals surface area (Å²) in [5, 5.41) is 73.7. The fourth-order valence-electron chi connectivity index (χ4n) is 7.53. The molecule has 3 heterocycles. The summed E-state index contributed by atoms with van der Waals surface area (Å²) >= 11 is 0. The molecule has 246 valence electrons. The third-order valence-corrected chi connectivity index (χ3v) is 9.91. The average molecular weight is 608 g/mol. The van der Waals surface area contributed by atoms with E-state index in [0.717, 1.165) is 103 Å². The number of hydrogen-bond donors (Lipinski definition) is 7. The zero-order valence-electron chi connectivity index (χ0n) is 25.9. The highest BCUT2D eigenvalue weighted by Crippen LogP contribution is 2.44. The lowest BCUT2D eigenvalue weighted by Crippen LogP contribution is -2.39. The molecule has 0 saturated carbocycles. The van der Waals surface area contributed by atoms with Crippen molar-refractivity contribution in [2.75, 3.05) is 59.1 Å². The summed E-state index contributed by atoms with van der Waals surface area (Å²) in [5.74, 6) is 0.144. The van der Waals surface area contributed by atoms with E-state index in [4.69, 9.17) is 0 Å². The molecule has 43 heavy (non-hydrogen) atoms. The molecule has 3 aliphatic rings. The van der Waals surface area contributed by atoms with Crippen molar-refractivity contribution in [2.24, 2.45) is 0 Å². The van der Waals surface area contributed by atoms with Crippen LogP contribution in [0, 0.1) is 0 Å². The van der Waals surface area contributed by atoms with Crippen LogP contribution in [0.1, 0.15) is 112 Å². The van der Waals surface area contributed by atoms with E-state index in [9.17, 15) is 35.7 Å². The SMILES string of the molecule is OCC(O)CC(c1cc(C(CC(O)CO)N2CCCCC2)c(O)c(C(CC(O)CO)N2CCCCC2)c1)N1CCCCC1. The Labute approximate surface area is 257 Å². The molecule has 3 fully saturated rings. The topological polar surface area (TPSA) is 151 Å². The molecule has 6 unspecified atom stereocenters. The van der Waals surface area contributed by atoms with Gasteiger partial charge in [-0.05, 0) is 115 Å². The molecule has 4 rings (SSSR count). The van der Waals surface area contributed by atoms with Crippen molar-refractivity contribution < 1.29 is 35.7 Å². The highest BCUT2D eigenvalue weighted by atomic mass is 16.3. The Morgan fingerprint density at radius 3 is 1.12 bits per heavy atom. The van der Waals surface area contributed by atoms with Gasteiger partial charge in [0.15, 0.2) is 0 Å². The van der Waals surface area contributed by atoms with E-state index in [2.05, 4.69) is 14.7 Å². The Morgan fingerprint density at radius 1 is 0.488 bits per heavy atom. The summed E-state index contributed by atoms with van der Waals surface area (Å²) < 4.78 is 0. The molecule has 3 saturated heterocycles. The molecule has 10 nitrogen and oxygen atoms in total. The Kier molecular flexibility index (Phi) is 14.0. The van der Waals surface area contributed by atoms with Crippen molar-refractivity contribution in [2.45, 2.75) is 113 Å². The van der Waals surface area contributed by atoms with Gasteiger partial charge in [-0.15, -0.1) is 0 Å². The number of nitrogens with zero attached hydrogens (tertiary/aromatic N) is 3. The normalized spacial score (nSPS) is 23.9. The van der Waals surface area contributed by atoms with Crippen LogP contribution in [-0.4, -0.2) is 128 Å². The van der Waals surface area contributed by atoms with Gasteiger partial charge in [0.2, 0.25) is 0 Å². The fourth-order valence-corrected chi connectivity index (χ4v) is 7.53. The van der Waals surface area contributed by atoms with E-state index in [1.54, 1.807) is 0 Å². The molecule has 1 aromatic rings. The molecular formula is C33H57N3O7. The van der Waals surface area contributed by atoms with Gasteiger partial charge in [-0.2, -0.15) is 0 Å². The third-order valence-electron chi connectivity index (χ3n) is 9.91. The minimum absolute atomic E-state index is 0.144. The minimum atomic E-state index is -0.943. The summed E-state index contributed by atoms with van der Waals surface area (Å²) in [6.07, 6.45) is 7.75. The van der Waals surface area contributed by atoms with Crippen molar-refractivity contribution in [1.29, 1.82) is 0 Å². The maximum Gasteiger partial charge on any atom is 0.125 e. The summed E-state index contributed by atoms with van der Waals surface area (Å²) in [4.78, 5) is 6.99. The highest BCUT2D eigenvalue weighted by molar-refractivity contribution is 5.48. The summed E-state index contributed by atoms with van der Waals surface area (Å²) in [6, 6.07) is 3.23. The van der Waals surface area contributed by atoms with Crippen molar-refractivity contribution in [3.8, 4) is 5.75 Å². The van der Waals surface area contributed by atoms with E-state index in [-0.39, 0.29) is 56.5 Å². The number of likely N-dealkylation sites (tertiary alicyclic amines) is 3. The fraction of sp³-hybridized carbons (Fsp3) is 0.818. The van der Waals surface area contributed by atoms with Crippen LogP contribution in [0.5, 0.6) is 5.75 Å². The number of aliphatic hydroxyl groups excluding tert-OH is 6. The Hall–Kier alpha value is -1.34. The van der Waals surface area contributed by atoms with Crippen LogP contribution in [0.3, 0.4) is 0 Å². The molecule has 0 radical (unpaired) electrons. The summed E-state index contributed by atoms with van der Waals surface area (Å²) in [7, 11) is 0. The summed E-state index contributed by atoms with van der Waals surface area (Å²) in [6.45, 7) is 4.03. The smallest absolute Gasteiger partial charge is 0.125 e. The molecular weight excluding hydrogens is 550 g/mol. The van der Waals surface area contributed by atoms with Gasteiger partial charge in [-0.25, -0.2) is 0 Å².